The Balaban J connectivity index is 1.11. The van der Waals surface area contributed by atoms with Gasteiger partial charge in [0.15, 0.2) is 0 Å². The van der Waals surface area contributed by atoms with Gasteiger partial charge >= 0.3 is 0 Å². The second kappa shape index (κ2) is 12.2. The highest BCUT2D eigenvalue weighted by Crippen LogP contribution is 2.43. The Morgan fingerprint density at radius 3 is 1.71 bits per heavy atom. The number of nitrogens with zero attached hydrogens (tertiary/aromatic N) is 2. The van der Waals surface area contributed by atoms with Crippen molar-refractivity contribution in [2.45, 2.75) is 0 Å². The molecular weight excluding hydrogens is 637 g/mol. The number of para-hydroxylation sites is 2. The Labute approximate surface area is 300 Å². The van der Waals surface area contributed by atoms with E-state index in [1.165, 1.54) is 69.9 Å². The summed E-state index contributed by atoms with van der Waals surface area (Å²) in [7, 11) is 0. The van der Waals surface area contributed by atoms with Crippen molar-refractivity contribution in [1.29, 1.82) is 0 Å². The fourth-order valence-corrected chi connectivity index (χ4v) is 8.78. The van der Waals surface area contributed by atoms with Crippen LogP contribution in [0.25, 0.3) is 69.9 Å². The maximum absolute atomic E-state index is 2.38. The van der Waals surface area contributed by atoms with Crippen LogP contribution in [0.3, 0.4) is 0 Å². The lowest BCUT2D eigenvalue weighted by Crippen LogP contribution is -2.09. The summed E-state index contributed by atoms with van der Waals surface area (Å²) in [5.74, 6) is 0. The lowest BCUT2D eigenvalue weighted by Gasteiger charge is -2.26. The topological polar surface area (TPSA) is 8.17 Å². The average molecular weight is 669 g/mol. The highest BCUT2D eigenvalue weighted by atomic mass is 32.1. The summed E-state index contributed by atoms with van der Waals surface area (Å²) < 4.78 is 4.99. The third-order valence-corrected chi connectivity index (χ3v) is 11.1. The minimum atomic E-state index is 1.12. The number of hydrogen-bond acceptors (Lipinski definition) is 2. The Bertz CT molecular complexity index is 2830. The molecule has 2 nitrogen and oxygen atoms in total. The fourth-order valence-electron chi connectivity index (χ4n) is 7.64. The molecular formula is C48H32N2S. The normalized spacial score (nSPS) is 11.5. The van der Waals surface area contributed by atoms with E-state index in [2.05, 4.69) is 204 Å². The highest BCUT2D eigenvalue weighted by molar-refractivity contribution is 7.25. The maximum Gasteiger partial charge on any atom is 0.0547 e. The Morgan fingerprint density at radius 2 is 0.941 bits per heavy atom. The van der Waals surface area contributed by atoms with Crippen LogP contribution >= 0.6 is 11.3 Å². The van der Waals surface area contributed by atoms with E-state index in [-0.39, 0.29) is 0 Å². The number of fused-ring (bicyclic) bond motifs is 6. The van der Waals surface area contributed by atoms with Gasteiger partial charge in [-0.25, -0.2) is 0 Å². The summed E-state index contributed by atoms with van der Waals surface area (Å²) in [6.45, 7) is 0. The van der Waals surface area contributed by atoms with Crippen molar-refractivity contribution >= 4 is 70.4 Å². The lowest BCUT2D eigenvalue weighted by molar-refractivity contribution is 1.18. The van der Waals surface area contributed by atoms with Gasteiger partial charge in [0.2, 0.25) is 0 Å². The first-order valence-electron chi connectivity index (χ1n) is 17.4. The van der Waals surface area contributed by atoms with Crippen molar-refractivity contribution in [2.24, 2.45) is 0 Å². The number of thiophene rings is 1. The average Bonchev–Trinajstić information content (AvgIpc) is 3.75. The van der Waals surface area contributed by atoms with E-state index in [9.17, 15) is 0 Å². The largest absolute Gasteiger partial charge is 0.310 e. The van der Waals surface area contributed by atoms with Gasteiger partial charge in [-0.15, -0.1) is 11.3 Å². The van der Waals surface area contributed by atoms with Gasteiger partial charge in [0, 0.05) is 53.7 Å². The number of aromatic nitrogens is 1. The molecule has 0 atom stereocenters. The van der Waals surface area contributed by atoms with Crippen molar-refractivity contribution in [3.63, 3.8) is 0 Å². The Kier molecular flexibility index (Phi) is 7.04. The smallest absolute Gasteiger partial charge is 0.0547 e. The number of hydrogen-bond donors (Lipinski definition) is 0. The molecule has 2 aromatic heterocycles. The van der Waals surface area contributed by atoms with E-state index < -0.39 is 0 Å². The van der Waals surface area contributed by atoms with Crippen LogP contribution in [0.2, 0.25) is 0 Å². The molecule has 3 heteroatoms. The third kappa shape index (κ3) is 5.01. The zero-order valence-electron chi connectivity index (χ0n) is 27.8. The van der Waals surface area contributed by atoms with Crippen LogP contribution in [-0.2, 0) is 0 Å². The molecule has 0 N–H and O–H groups in total. The second-order valence-corrected chi connectivity index (χ2v) is 14.0. The van der Waals surface area contributed by atoms with Crippen LogP contribution in [0.1, 0.15) is 0 Å². The molecule has 0 aliphatic carbocycles. The molecule has 0 bridgehead atoms. The van der Waals surface area contributed by atoms with Crippen molar-refractivity contribution in [3.8, 4) is 27.9 Å². The molecule has 0 saturated carbocycles. The van der Waals surface area contributed by atoms with Gasteiger partial charge in [-0.05, 0) is 89.0 Å². The van der Waals surface area contributed by atoms with E-state index in [1.807, 2.05) is 11.3 Å². The first-order chi connectivity index (χ1) is 25.3. The van der Waals surface area contributed by atoms with Crippen LogP contribution in [-0.4, -0.2) is 4.57 Å². The quantitative estimate of drug-likeness (QED) is 0.171. The van der Waals surface area contributed by atoms with Gasteiger partial charge in [0.05, 0.1) is 11.0 Å². The number of anilines is 3. The summed E-state index contributed by atoms with van der Waals surface area (Å²) in [5.41, 5.74) is 11.8. The molecule has 0 saturated heterocycles. The number of benzene rings is 8. The van der Waals surface area contributed by atoms with Crippen LogP contribution in [0.15, 0.2) is 194 Å². The summed E-state index contributed by atoms with van der Waals surface area (Å²) in [6.07, 6.45) is 0. The van der Waals surface area contributed by atoms with E-state index in [1.54, 1.807) is 0 Å². The Hall–Kier alpha value is -6.42. The van der Waals surface area contributed by atoms with Crippen LogP contribution in [0.5, 0.6) is 0 Å². The molecule has 240 valence electrons. The molecule has 10 aromatic rings. The van der Waals surface area contributed by atoms with E-state index in [0.717, 1.165) is 17.1 Å². The van der Waals surface area contributed by atoms with Crippen LogP contribution < -0.4 is 4.90 Å². The highest BCUT2D eigenvalue weighted by Gasteiger charge is 2.18. The van der Waals surface area contributed by atoms with Gasteiger partial charge in [-0.2, -0.15) is 0 Å². The van der Waals surface area contributed by atoms with Gasteiger partial charge < -0.3 is 9.47 Å². The molecule has 0 spiro atoms. The molecule has 2 heterocycles. The number of rotatable bonds is 6. The SMILES string of the molecule is c1ccc(-c2ccc(N(c3ccc(-c4cccc5c4c4ccccc4n5-c4ccccc4)cc3)c3ccc4c(c3)sc3ccccc34)cc2)cc1. The van der Waals surface area contributed by atoms with Gasteiger partial charge in [0.25, 0.3) is 0 Å². The standard InChI is InChI=1S/C48H32N2S/c1-3-12-33(13-4-1)34-22-26-37(27-23-34)49(39-30-31-42-41-16-8-10-21-46(41)51-47(42)32-39)38-28-24-35(25-29-38)40-18-11-20-45-48(40)43-17-7-9-19-44(43)50(45)36-14-5-2-6-15-36/h1-32H. The summed E-state index contributed by atoms with van der Waals surface area (Å²) in [4.78, 5) is 2.38. The molecule has 0 aliphatic rings. The third-order valence-electron chi connectivity index (χ3n) is 10.0. The molecule has 8 aromatic carbocycles. The minimum Gasteiger partial charge on any atom is -0.310 e. The fraction of sp³-hybridized carbons (Fsp3) is 0. The summed E-state index contributed by atoms with van der Waals surface area (Å²) in [6, 6.07) is 70.3. The molecule has 0 amide bonds. The van der Waals surface area contributed by atoms with Crippen LogP contribution in [0.4, 0.5) is 17.1 Å². The van der Waals surface area contributed by atoms with Gasteiger partial charge in [-0.3, -0.25) is 0 Å². The predicted molar refractivity (Wildman–Crippen MR) is 219 cm³/mol. The first kappa shape index (κ1) is 29.5. The van der Waals surface area contributed by atoms with Gasteiger partial charge in [-0.1, -0.05) is 127 Å². The van der Waals surface area contributed by atoms with E-state index >= 15 is 0 Å². The lowest BCUT2D eigenvalue weighted by atomic mass is 9.99. The molecule has 0 aliphatic heterocycles. The second-order valence-electron chi connectivity index (χ2n) is 13.0. The predicted octanol–water partition coefficient (Wildman–Crippen LogP) is 14.0. The summed E-state index contributed by atoms with van der Waals surface area (Å²) >= 11 is 1.86. The molecule has 0 fully saturated rings. The van der Waals surface area contributed by atoms with Crippen molar-refractivity contribution in [3.05, 3.63) is 194 Å². The zero-order valence-corrected chi connectivity index (χ0v) is 28.6. The van der Waals surface area contributed by atoms with E-state index in [0.29, 0.717) is 0 Å². The van der Waals surface area contributed by atoms with Crippen molar-refractivity contribution in [1.82, 2.24) is 4.57 Å². The van der Waals surface area contributed by atoms with E-state index in [4.69, 9.17) is 0 Å². The monoisotopic (exact) mass is 668 g/mol. The Morgan fingerprint density at radius 1 is 0.373 bits per heavy atom. The minimum absolute atomic E-state index is 1.12. The van der Waals surface area contributed by atoms with Crippen LogP contribution in [0, 0.1) is 0 Å². The maximum atomic E-state index is 2.38. The first-order valence-corrected chi connectivity index (χ1v) is 18.2. The zero-order chi connectivity index (χ0) is 33.7. The molecule has 10 rings (SSSR count). The molecule has 0 radical (unpaired) electrons. The van der Waals surface area contributed by atoms with Gasteiger partial charge in [0.1, 0.15) is 0 Å². The molecule has 51 heavy (non-hydrogen) atoms. The summed E-state index contributed by atoms with van der Waals surface area (Å²) in [5, 5.41) is 5.15. The van der Waals surface area contributed by atoms with Crippen molar-refractivity contribution < 1.29 is 0 Å². The molecule has 0 unspecified atom stereocenters. The van der Waals surface area contributed by atoms with Crippen molar-refractivity contribution in [2.75, 3.05) is 4.90 Å².